The van der Waals surface area contributed by atoms with E-state index in [1.165, 1.54) is 10.8 Å². The zero-order valence-corrected chi connectivity index (χ0v) is 15.5. The highest BCUT2D eigenvalue weighted by molar-refractivity contribution is 6.82. The van der Waals surface area contributed by atoms with E-state index in [0.717, 1.165) is 12.8 Å². The molecule has 2 aromatic carbocycles. The second kappa shape index (κ2) is 9.01. The molecule has 0 spiro atoms. The third-order valence-corrected chi connectivity index (χ3v) is 8.41. The van der Waals surface area contributed by atoms with Gasteiger partial charge in [-0.25, -0.2) is 0 Å². The first-order valence-electron chi connectivity index (χ1n) is 8.60. The Morgan fingerprint density at radius 2 is 1.35 bits per heavy atom. The first-order valence-corrected chi connectivity index (χ1v) is 10.5. The molecule has 2 rings (SSSR count). The average Bonchev–Trinajstić information content (AvgIpc) is 2.61. The Labute approximate surface area is 141 Å². The normalized spacial score (nSPS) is 13.0. The molecule has 0 aromatic heterocycles. The van der Waals surface area contributed by atoms with Crippen molar-refractivity contribution in [1.29, 1.82) is 0 Å². The van der Waals surface area contributed by atoms with Gasteiger partial charge in [-0.2, -0.15) is 0 Å². The zero-order valence-electron chi connectivity index (χ0n) is 14.5. The predicted molar refractivity (Wildman–Crippen MR) is 99.3 cm³/mol. The van der Waals surface area contributed by atoms with Gasteiger partial charge in [0.2, 0.25) is 0 Å². The van der Waals surface area contributed by atoms with Gasteiger partial charge < -0.3 is 8.85 Å². The van der Waals surface area contributed by atoms with E-state index < -0.39 is 8.56 Å². The molecule has 0 fully saturated rings. The van der Waals surface area contributed by atoms with Crippen LogP contribution in [0.4, 0.5) is 0 Å². The molecular weight excluding hydrogens is 300 g/mol. The van der Waals surface area contributed by atoms with Crippen molar-refractivity contribution in [3.8, 4) is 0 Å². The van der Waals surface area contributed by atoms with Gasteiger partial charge in [0.15, 0.2) is 0 Å². The molecule has 0 heterocycles. The molecule has 0 aliphatic carbocycles. The summed E-state index contributed by atoms with van der Waals surface area (Å²) in [6.45, 7) is 7.79. The van der Waals surface area contributed by atoms with Crippen molar-refractivity contribution in [2.45, 2.75) is 39.2 Å². The van der Waals surface area contributed by atoms with Crippen molar-refractivity contribution in [3.05, 3.63) is 66.2 Å². The van der Waals surface area contributed by atoms with Crippen molar-refractivity contribution < 1.29 is 8.85 Å². The molecule has 0 amide bonds. The molecule has 1 unspecified atom stereocenters. The molecule has 0 saturated carbocycles. The van der Waals surface area contributed by atoms with Crippen LogP contribution in [0.5, 0.6) is 0 Å². The van der Waals surface area contributed by atoms with E-state index in [1.54, 1.807) is 0 Å². The third kappa shape index (κ3) is 4.53. The van der Waals surface area contributed by atoms with Gasteiger partial charge in [0.1, 0.15) is 0 Å². The molecule has 0 saturated heterocycles. The minimum absolute atomic E-state index is 0.394. The molecule has 2 nitrogen and oxygen atoms in total. The van der Waals surface area contributed by atoms with Crippen molar-refractivity contribution in [2.75, 3.05) is 13.2 Å². The summed E-state index contributed by atoms with van der Waals surface area (Å²) >= 11 is 0. The fourth-order valence-corrected chi connectivity index (χ4v) is 6.69. The summed E-state index contributed by atoms with van der Waals surface area (Å²) in [4.78, 5) is 0. The third-order valence-electron chi connectivity index (χ3n) is 4.25. The number of aryl methyl sites for hydroxylation is 1. The Bertz CT molecular complexity index is 550. The maximum Gasteiger partial charge on any atom is 0.375 e. The quantitative estimate of drug-likeness (QED) is 0.634. The van der Waals surface area contributed by atoms with Crippen LogP contribution in [0.1, 0.15) is 32.8 Å². The van der Waals surface area contributed by atoms with Crippen LogP contribution < -0.4 is 5.19 Å². The molecule has 0 aliphatic rings. The molecule has 23 heavy (non-hydrogen) atoms. The molecule has 124 valence electrons. The highest BCUT2D eigenvalue weighted by atomic mass is 28.4. The van der Waals surface area contributed by atoms with E-state index in [1.807, 2.05) is 0 Å². The predicted octanol–water partition coefficient (Wildman–Crippen LogP) is 4.43. The van der Waals surface area contributed by atoms with Crippen LogP contribution in [0.25, 0.3) is 0 Å². The standard InChI is InChI=1S/C20H28O2Si/c1-4-21-23(22-5-2,20-14-10-7-11-15-20)18(3)16-17-19-12-8-6-9-13-19/h6-15,18H,4-5,16-17H2,1-3H3. The monoisotopic (exact) mass is 328 g/mol. The summed E-state index contributed by atoms with van der Waals surface area (Å²) in [5.74, 6) is 0. The average molecular weight is 329 g/mol. The van der Waals surface area contributed by atoms with Crippen molar-refractivity contribution in [1.82, 2.24) is 0 Å². The van der Waals surface area contributed by atoms with Gasteiger partial charge in [-0.1, -0.05) is 67.6 Å². The second-order valence-corrected chi connectivity index (χ2v) is 9.30. The Morgan fingerprint density at radius 1 is 0.826 bits per heavy atom. The Morgan fingerprint density at radius 3 is 1.87 bits per heavy atom. The lowest BCUT2D eigenvalue weighted by molar-refractivity contribution is 0.185. The number of hydrogen-bond acceptors (Lipinski definition) is 2. The minimum atomic E-state index is -2.43. The fraction of sp³-hybridized carbons (Fsp3) is 0.400. The Balaban J connectivity index is 2.21. The van der Waals surface area contributed by atoms with Crippen LogP contribution in [0.15, 0.2) is 60.7 Å². The summed E-state index contributed by atoms with van der Waals surface area (Å²) in [6.07, 6.45) is 2.13. The lowest BCUT2D eigenvalue weighted by Crippen LogP contribution is -2.57. The molecule has 0 radical (unpaired) electrons. The van der Waals surface area contributed by atoms with E-state index >= 15 is 0 Å². The van der Waals surface area contributed by atoms with Crippen molar-refractivity contribution in [2.24, 2.45) is 0 Å². The first-order chi connectivity index (χ1) is 11.2. The van der Waals surface area contributed by atoms with Crippen LogP contribution in [0.2, 0.25) is 5.54 Å². The van der Waals surface area contributed by atoms with Crippen LogP contribution in [0, 0.1) is 0 Å². The second-order valence-electron chi connectivity index (χ2n) is 5.82. The van der Waals surface area contributed by atoms with Gasteiger partial charge in [-0.3, -0.25) is 0 Å². The van der Waals surface area contributed by atoms with Gasteiger partial charge in [-0.05, 0) is 37.4 Å². The van der Waals surface area contributed by atoms with Crippen LogP contribution in [0.3, 0.4) is 0 Å². The van der Waals surface area contributed by atoms with E-state index in [4.69, 9.17) is 8.85 Å². The molecule has 2 aromatic rings. The summed E-state index contributed by atoms with van der Waals surface area (Å²) in [6, 6.07) is 21.2. The van der Waals surface area contributed by atoms with Crippen LogP contribution in [-0.2, 0) is 15.3 Å². The lowest BCUT2D eigenvalue weighted by atomic mass is 10.1. The molecule has 0 N–H and O–H groups in total. The van der Waals surface area contributed by atoms with Crippen LogP contribution in [-0.4, -0.2) is 21.8 Å². The topological polar surface area (TPSA) is 18.5 Å². The fourth-order valence-electron chi connectivity index (χ4n) is 3.09. The van der Waals surface area contributed by atoms with Gasteiger partial charge in [-0.15, -0.1) is 0 Å². The van der Waals surface area contributed by atoms with Gasteiger partial charge in [0, 0.05) is 18.8 Å². The van der Waals surface area contributed by atoms with E-state index in [9.17, 15) is 0 Å². The summed E-state index contributed by atoms with van der Waals surface area (Å²) < 4.78 is 12.6. The summed E-state index contributed by atoms with van der Waals surface area (Å²) in [5.41, 5.74) is 1.77. The lowest BCUT2D eigenvalue weighted by Gasteiger charge is -2.35. The Kier molecular flexibility index (Phi) is 7.03. The number of rotatable bonds is 9. The number of benzene rings is 2. The first kappa shape index (κ1) is 17.9. The smallest absolute Gasteiger partial charge is 0.375 e. The van der Waals surface area contributed by atoms with E-state index in [0.29, 0.717) is 18.8 Å². The van der Waals surface area contributed by atoms with Gasteiger partial charge >= 0.3 is 8.56 Å². The minimum Gasteiger partial charge on any atom is -0.391 e. The van der Waals surface area contributed by atoms with Gasteiger partial charge in [0.05, 0.1) is 0 Å². The van der Waals surface area contributed by atoms with Crippen LogP contribution >= 0.6 is 0 Å². The van der Waals surface area contributed by atoms with Crippen molar-refractivity contribution in [3.63, 3.8) is 0 Å². The molecule has 0 aliphatic heterocycles. The summed E-state index contributed by atoms with van der Waals surface area (Å²) in [7, 11) is -2.43. The Hall–Kier alpha value is -1.42. The summed E-state index contributed by atoms with van der Waals surface area (Å²) in [5, 5.41) is 1.24. The van der Waals surface area contributed by atoms with Crippen molar-refractivity contribution >= 4 is 13.7 Å². The molecular formula is C20H28O2Si. The van der Waals surface area contributed by atoms with E-state index in [-0.39, 0.29) is 0 Å². The van der Waals surface area contributed by atoms with E-state index in [2.05, 4.69) is 81.4 Å². The largest absolute Gasteiger partial charge is 0.391 e. The maximum atomic E-state index is 6.32. The number of hydrogen-bond donors (Lipinski definition) is 0. The highest BCUT2D eigenvalue weighted by Crippen LogP contribution is 2.29. The zero-order chi connectivity index (χ0) is 16.5. The maximum absolute atomic E-state index is 6.32. The molecule has 1 atom stereocenters. The molecule has 0 bridgehead atoms. The molecule has 3 heteroatoms. The highest BCUT2D eigenvalue weighted by Gasteiger charge is 2.45. The van der Waals surface area contributed by atoms with Gasteiger partial charge in [0.25, 0.3) is 0 Å². The SMILES string of the molecule is CCO[Si](OCC)(c1ccccc1)C(C)CCc1ccccc1.